The number of carbonyl (C=O) groups excluding carboxylic acids is 5. The van der Waals surface area contributed by atoms with Crippen molar-refractivity contribution in [2.75, 3.05) is 13.1 Å². The Labute approximate surface area is 222 Å². The molecule has 3 fully saturated rings. The van der Waals surface area contributed by atoms with Gasteiger partial charge in [0, 0.05) is 54.6 Å². The number of piperidine rings is 2. The van der Waals surface area contributed by atoms with E-state index < -0.39 is 11.9 Å². The first-order valence-electron chi connectivity index (χ1n) is 13.6. The SMILES string of the molecule is CC1(C#Cc2cccc3c2CN(C2CCC(=O)NC2=O)C3=O)CCN(C(=O)C2CCC(NC=O)CC2)CC1. The second-order valence-electron chi connectivity index (χ2n) is 11.2. The molecular weight excluding hydrogens is 484 g/mol. The molecule has 0 aromatic heterocycles. The van der Waals surface area contributed by atoms with Gasteiger partial charge in [-0.3, -0.25) is 29.3 Å². The van der Waals surface area contributed by atoms with Crippen LogP contribution in [0.25, 0.3) is 0 Å². The van der Waals surface area contributed by atoms with Crippen molar-refractivity contribution >= 4 is 30.0 Å². The smallest absolute Gasteiger partial charge is 0.255 e. The van der Waals surface area contributed by atoms with Crippen LogP contribution in [0, 0.1) is 23.2 Å². The summed E-state index contributed by atoms with van der Waals surface area (Å²) < 4.78 is 0. The van der Waals surface area contributed by atoms with Crippen molar-refractivity contribution in [3.05, 3.63) is 34.9 Å². The summed E-state index contributed by atoms with van der Waals surface area (Å²) in [6.07, 6.45) is 6.17. The van der Waals surface area contributed by atoms with Crippen molar-refractivity contribution in [3.63, 3.8) is 0 Å². The number of rotatable bonds is 4. The lowest BCUT2D eigenvalue weighted by Crippen LogP contribution is -2.52. The average Bonchev–Trinajstić information content (AvgIpc) is 3.25. The summed E-state index contributed by atoms with van der Waals surface area (Å²) in [4.78, 5) is 64.3. The molecule has 1 atom stereocenters. The Bertz CT molecular complexity index is 1220. The number of benzene rings is 1. The van der Waals surface area contributed by atoms with Gasteiger partial charge in [-0.2, -0.15) is 0 Å². The summed E-state index contributed by atoms with van der Waals surface area (Å²) in [5.41, 5.74) is 1.93. The second-order valence-corrected chi connectivity index (χ2v) is 11.2. The molecule has 9 nitrogen and oxygen atoms in total. The molecule has 38 heavy (non-hydrogen) atoms. The Hall–Kier alpha value is -3.67. The summed E-state index contributed by atoms with van der Waals surface area (Å²) in [6.45, 7) is 3.77. The summed E-state index contributed by atoms with van der Waals surface area (Å²) in [5, 5.41) is 5.17. The second kappa shape index (κ2) is 10.6. The van der Waals surface area contributed by atoms with Gasteiger partial charge in [-0.05, 0) is 69.6 Å². The third kappa shape index (κ3) is 5.17. The Kier molecular flexibility index (Phi) is 7.24. The fraction of sp³-hybridized carbons (Fsp3) is 0.552. The molecule has 1 aromatic carbocycles. The lowest BCUT2D eigenvalue weighted by atomic mass is 9.79. The molecule has 1 aromatic rings. The van der Waals surface area contributed by atoms with Crippen LogP contribution >= 0.6 is 0 Å². The van der Waals surface area contributed by atoms with Gasteiger partial charge in [0.05, 0.1) is 0 Å². The van der Waals surface area contributed by atoms with Crippen LogP contribution in [-0.4, -0.2) is 65.0 Å². The minimum absolute atomic E-state index is 0.0342. The van der Waals surface area contributed by atoms with E-state index in [9.17, 15) is 24.0 Å². The fourth-order valence-corrected chi connectivity index (χ4v) is 6.13. The van der Waals surface area contributed by atoms with Gasteiger partial charge in [0.15, 0.2) is 0 Å². The predicted octanol–water partition coefficient (Wildman–Crippen LogP) is 1.73. The number of amides is 5. The molecule has 5 rings (SSSR count). The molecule has 3 heterocycles. The van der Waals surface area contributed by atoms with Crippen molar-refractivity contribution in [1.29, 1.82) is 0 Å². The zero-order chi connectivity index (χ0) is 26.9. The third-order valence-corrected chi connectivity index (χ3v) is 8.64. The summed E-state index contributed by atoms with van der Waals surface area (Å²) >= 11 is 0. The van der Waals surface area contributed by atoms with Gasteiger partial charge < -0.3 is 15.1 Å². The van der Waals surface area contributed by atoms with Gasteiger partial charge in [-0.25, -0.2) is 0 Å². The summed E-state index contributed by atoms with van der Waals surface area (Å²) in [6, 6.07) is 5.03. The highest BCUT2D eigenvalue weighted by Crippen LogP contribution is 2.34. The molecule has 200 valence electrons. The van der Waals surface area contributed by atoms with E-state index in [2.05, 4.69) is 29.4 Å². The van der Waals surface area contributed by atoms with Crippen molar-refractivity contribution in [2.45, 2.75) is 76.9 Å². The number of likely N-dealkylation sites (tertiary alicyclic amines) is 1. The Morgan fingerprint density at radius 1 is 1.11 bits per heavy atom. The molecule has 0 spiro atoms. The monoisotopic (exact) mass is 518 g/mol. The van der Waals surface area contributed by atoms with Gasteiger partial charge in [0.1, 0.15) is 6.04 Å². The van der Waals surface area contributed by atoms with Crippen molar-refractivity contribution in [1.82, 2.24) is 20.4 Å². The zero-order valence-corrected chi connectivity index (χ0v) is 21.8. The third-order valence-electron chi connectivity index (χ3n) is 8.64. The van der Waals surface area contributed by atoms with Crippen molar-refractivity contribution in [2.24, 2.45) is 11.3 Å². The fourth-order valence-electron chi connectivity index (χ4n) is 6.13. The molecule has 3 aliphatic heterocycles. The maximum Gasteiger partial charge on any atom is 0.255 e. The van der Waals surface area contributed by atoms with E-state index in [4.69, 9.17) is 0 Å². The molecule has 0 radical (unpaired) electrons. The first-order valence-corrected chi connectivity index (χ1v) is 13.6. The van der Waals surface area contributed by atoms with Gasteiger partial charge in [-0.1, -0.05) is 17.9 Å². The van der Waals surface area contributed by atoms with Crippen LogP contribution in [0.2, 0.25) is 0 Å². The maximum atomic E-state index is 13.1. The lowest BCUT2D eigenvalue weighted by Gasteiger charge is -2.39. The van der Waals surface area contributed by atoms with Crippen molar-refractivity contribution < 1.29 is 24.0 Å². The van der Waals surface area contributed by atoms with Gasteiger partial charge >= 0.3 is 0 Å². The molecule has 5 amide bonds. The molecular formula is C29H34N4O5. The predicted molar refractivity (Wildman–Crippen MR) is 138 cm³/mol. The number of hydrogen-bond donors (Lipinski definition) is 2. The lowest BCUT2D eigenvalue weighted by molar-refractivity contribution is -0.139. The van der Waals surface area contributed by atoms with E-state index in [0.717, 1.165) is 56.1 Å². The molecule has 1 saturated carbocycles. The number of fused-ring (bicyclic) bond motifs is 1. The van der Waals surface area contributed by atoms with Crippen LogP contribution in [0.5, 0.6) is 0 Å². The number of nitrogens with zero attached hydrogens (tertiary/aromatic N) is 2. The van der Waals surface area contributed by atoms with E-state index >= 15 is 0 Å². The molecule has 2 N–H and O–H groups in total. The highest BCUT2D eigenvalue weighted by molar-refractivity contribution is 6.05. The van der Waals surface area contributed by atoms with Crippen LogP contribution in [0.4, 0.5) is 0 Å². The highest BCUT2D eigenvalue weighted by atomic mass is 16.2. The first kappa shape index (κ1) is 26.0. The number of nitrogens with one attached hydrogen (secondary N) is 2. The summed E-state index contributed by atoms with van der Waals surface area (Å²) in [5.74, 6) is 6.09. The first-order chi connectivity index (χ1) is 18.3. The molecule has 2 saturated heterocycles. The molecule has 1 aliphatic carbocycles. The van der Waals surface area contributed by atoms with Gasteiger partial charge in [0.25, 0.3) is 5.91 Å². The van der Waals surface area contributed by atoms with E-state index in [0.29, 0.717) is 31.6 Å². The Morgan fingerprint density at radius 2 is 1.84 bits per heavy atom. The normalized spacial score (nSPS) is 26.7. The van der Waals surface area contributed by atoms with Crippen LogP contribution in [0.1, 0.15) is 79.8 Å². The van der Waals surface area contributed by atoms with Crippen LogP contribution in [0.15, 0.2) is 18.2 Å². The zero-order valence-electron chi connectivity index (χ0n) is 21.8. The highest BCUT2D eigenvalue weighted by Gasteiger charge is 2.40. The topological polar surface area (TPSA) is 116 Å². The maximum absolute atomic E-state index is 13.1. The summed E-state index contributed by atoms with van der Waals surface area (Å²) in [7, 11) is 0. The largest absolute Gasteiger partial charge is 0.356 e. The molecule has 4 aliphatic rings. The number of imide groups is 1. The van der Waals surface area contributed by atoms with Gasteiger partial charge in [0.2, 0.25) is 24.1 Å². The van der Waals surface area contributed by atoms with Crippen LogP contribution in [0.3, 0.4) is 0 Å². The minimum atomic E-state index is -0.649. The van der Waals surface area contributed by atoms with E-state index in [1.807, 2.05) is 17.0 Å². The van der Waals surface area contributed by atoms with Crippen LogP contribution < -0.4 is 10.6 Å². The molecule has 9 heteroatoms. The standard InChI is InChI=1S/C29H34N4O5/c1-29(13-15-32(16-14-29)27(37)20-5-7-21(8-6-20)30-18-34)12-11-19-3-2-4-22-23(19)17-33(28(22)38)24-9-10-25(35)31-26(24)36/h2-4,18,20-21,24H,5-10,13-17H2,1H3,(H,30,34)(H,31,35,36). The minimum Gasteiger partial charge on any atom is -0.356 e. The van der Waals surface area contributed by atoms with E-state index in [1.165, 1.54) is 0 Å². The average molecular weight is 519 g/mol. The van der Waals surface area contributed by atoms with Crippen molar-refractivity contribution in [3.8, 4) is 11.8 Å². The van der Waals surface area contributed by atoms with E-state index in [-0.39, 0.29) is 41.5 Å². The Balaban J connectivity index is 1.22. The molecule has 0 bridgehead atoms. The van der Waals surface area contributed by atoms with Gasteiger partial charge in [-0.15, -0.1) is 0 Å². The number of hydrogen-bond acceptors (Lipinski definition) is 5. The number of carbonyl (C=O) groups is 5. The van der Waals surface area contributed by atoms with Crippen LogP contribution in [-0.2, 0) is 25.7 Å². The molecule has 1 unspecified atom stereocenters. The van der Waals surface area contributed by atoms with E-state index in [1.54, 1.807) is 11.0 Å². The quantitative estimate of drug-likeness (QED) is 0.358. The Morgan fingerprint density at radius 3 is 2.53 bits per heavy atom.